The summed E-state index contributed by atoms with van der Waals surface area (Å²) in [5.41, 5.74) is 0.505. The molecular weight excluding hydrogens is 284 g/mol. The predicted molar refractivity (Wildman–Crippen MR) is 72.7 cm³/mol. The van der Waals surface area contributed by atoms with E-state index in [1.54, 1.807) is 6.07 Å². The Morgan fingerprint density at radius 2 is 1.80 bits per heavy atom. The quantitative estimate of drug-likeness (QED) is 0.869. The molecule has 0 radical (unpaired) electrons. The normalized spacial score (nSPS) is 14.3. The minimum atomic E-state index is -0.596. The lowest BCUT2D eigenvalue weighted by Gasteiger charge is -2.08. The van der Waals surface area contributed by atoms with E-state index >= 15 is 0 Å². The summed E-state index contributed by atoms with van der Waals surface area (Å²) in [7, 11) is 0. The third kappa shape index (κ3) is 3.22. The maximum atomic E-state index is 13.1. The van der Waals surface area contributed by atoms with E-state index in [0.717, 1.165) is 24.7 Å². The summed E-state index contributed by atoms with van der Waals surface area (Å²) >= 11 is 5.94. The number of halogens is 3. The topological polar surface area (TPSA) is 37.8 Å². The Kier molecular flexibility index (Phi) is 3.53. The van der Waals surface area contributed by atoms with Crippen molar-refractivity contribution in [2.24, 2.45) is 0 Å². The fourth-order valence-corrected chi connectivity index (χ4v) is 2.15. The fraction of sp³-hybridized carbons (Fsp3) is 0.286. The number of nitrogens with zero attached hydrogens (tertiary/aromatic N) is 2. The van der Waals surface area contributed by atoms with Gasteiger partial charge in [0.1, 0.15) is 28.4 Å². The first-order valence-electron chi connectivity index (χ1n) is 6.33. The highest BCUT2D eigenvalue weighted by Crippen LogP contribution is 2.38. The van der Waals surface area contributed by atoms with Gasteiger partial charge in [-0.25, -0.2) is 18.7 Å². The summed E-state index contributed by atoms with van der Waals surface area (Å²) < 4.78 is 26.2. The summed E-state index contributed by atoms with van der Waals surface area (Å²) in [4.78, 5) is 8.53. The number of nitrogens with one attached hydrogen (secondary N) is 1. The zero-order valence-electron chi connectivity index (χ0n) is 10.5. The second-order valence-corrected chi connectivity index (χ2v) is 5.23. The van der Waals surface area contributed by atoms with Gasteiger partial charge in [-0.3, -0.25) is 0 Å². The van der Waals surface area contributed by atoms with Crippen molar-refractivity contribution >= 4 is 17.4 Å². The number of rotatable bonds is 4. The molecule has 1 heterocycles. The van der Waals surface area contributed by atoms with Gasteiger partial charge in [0.25, 0.3) is 0 Å². The van der Waals surface area contributed by atoms with Crippen LogP contribution in [0.3, 0.4) is 0 Å². The molecule has 104 valence electrons. The highest BCUT2D eigenvalue weighted by atomic mass is 35.5. The SMILES string of the molecule is Fc1cc(F)cc(CNc2cc(Cl)nc(C3CC3)n2)c1. The highest BCUT2D eigenvalue weighted by molar-refractivity contribution is 6.29. The molecule has 1 fully saturated rings. The van der Waals surface area contributed by atoms with E-state index in [1.807, 2.05) is 0 Å². The van der Waals surface area contributed by atoms with Gasteiger partial charge >= 0.3 is 0 Å². The predicted octanol–water partition coefficient (Wildman–Crippen LogP) is 3.90. The molecule has 1 aromatic heterocycles. The lowest BCUT2D eigenvalue weighted by molar-refractivity contribution is 0.580. The molecule has 2 aromatic rings. The molecule has 20 heavy (non-hydrogen) atoms. The van der Waals surface area contributed by atoms with Crippen LogP contribution < -0.4 is 5.32 Å². The minimum Gasteiger partial charge on any atom is -0.366 e. The average molecular weight is 296 g/mol. The molecule has 0 saturated heterocycles. The van der Waals surface area contributed by atoms with Crippen molar-refractivity contribution < 1.29 is 8.78 Å². The van der Waals surface area contributed by atoms with Crippen molar-refractivity contribution in [1.29, 1.82) is 0 Å². The van der Waals surface area contributed by atoms with Gasteiger partial charge in [-0.1, -0.05) is 11.6 Å². The molecule has 6 heteroatoms. The van der Waals surface area contributed by atoms with E-state index in [1.165, 1.54) is 12.1 Å². The van der Waals surface area contributed by atoms with Crippen LogP contribution >= 0.6 is 11.6 Å². The number of benzene rings is 1. The first-order chi connectivity index (χ1) is 9.60. The molecule has 0 bridgehead atoms. The standard InChI is InChI=1S/C14H12ClF2N3/c15-12-6-13(20-14(19-12)9-1-2-9)18-7-8-3-10(16)5-11(17)4-8/h3-6,9H,1-2,7H2,(H,18,19,20). The minimum absolute atomic E-state index is 0.270. The summed E-state index contributed by atoms with van der Waals surface area (Å²) in [5, 5.41) is 3.38. The van der Waals surface area contributed by atoms with Gasteiger partial charge in [-0.15, -0.1) is 0 Å². The maximum Gasteiger partial charge on any atom is 0.135 e. The first-order valence-corrected chi connectivity index (χ1v) is 6.71. The number of hydrogen-bond acceptors (Lipinski definition) is 3. The molecule has 3 nitrogen and oxygen atoms in total. The Hall–Kier alpha value is -1.75. The van der Waals surface area contributed by atoms with Crippen molar-refractivity contribution in [3.8, 4) is 0 Å². The van der Waals surface area contributed by atoms with E-state index in [-0.39, 0.29) is 6.54 Å². The van der Waals surface area contributed by atoms with Crippen molar-refractivity contribution in [3.63, 3.8) is 0 Å². The maximum absolute atomic E-state index is 13.1. The van der Waals surface area contributed by atoms with Gasteiger partial charge in [0.2, 0.25) is 0 Å². The Balaban J connectivity index is 1.74. The van der Waals surface area contributed by atoms with E-state index in [0.29, 0.717) is 22.5 Å². The van der Waals surface area contributed by atoms with Gasteiger partial charge in [-0.05, 0) is 30.5 Å². The van der Waals surface area contributed by atoms with Crippen LogP contribution in [0, 0.1) is 11.6 Å². The molecule has 0 atom stereocenters. The van der Waals surface area contributed by atoms with E-state index in [9.17, 15) is 8.78 Å². The Bertz CT molecular complexity index is 624. The van der Waals surface area contributed by atoms with E-state index < -0.39 is 11.6 Å². The van der Waals surface area contributed by atoms with Crippen LogP contribution in [0.2, 0.25) is 5.15 Å². The van der Waals surface area contributed by atoms with Gasteiger partial charge in [0.05, 0.1) is 0 Å². The smallest absolute Gasteiger partial charge is 0.135 e. The van der Waals surface area contributed by atoms with Crippen LogP contribution in [-0.4, -0.2) is 9.97 Å². The molecule has 0 amide bonds. The average Bonchev–Trinajstić information content (AvgIpc) is 3.19. The Morgan fingerprint density at radius 3 is 2.45 bits per heavy atom. The number of anilines is 1. The molecule has 1 saturated carbocycles. The zero-order valence-corrected chi connectivity index (χ0v) is 11.3. The van der Waals surface area contributed by atoms with Gasteiger partial charge in [0, 0.05) is 24.6 Å². The molecule has 0 unspecified atom stereocenters. The van der Waals surface area contributed by atoms with Crippen LogP contribution in [0.25, 0.3) is 0 Å². The first kappa shape index (κ1) is 13.2. The van der Waals surface area contributed by atoms with Gasteiger partial charge < -0.3 is 5.32 Å². The molecule has 1 aliphatic rings. The molecule has 0 aliphatic heterocycles. The summed E-state index contributed by atoms with van der Waals surface area (Å²) in [6, 6.07) is 5.00. The zero-order chi connectivity index (χ0) is 14.1. The van der Waals surface area contributed by atoms with Crippen LogP contribution in [-0.2, 0) is 6.54 Å². The largest absolute Gasteiger partial charge is 0.366 e. The number of hydrogen-bond donors (Lipinski definition) is 1. The van der Waals surface area contributed by atoms with Crippen molar-refractivity contribution in [3.05, 3.63) is 52.4 Å². The van der Waals surface area contributed by atoms with Crippen LogP contribution in [0.4, 0.5) is 14.6 Å². The van der Waals surface area contributed by atoms with Crippen molar-refractivity contribution in [1.82, 2.24) is 9.97 Å². The van der Waals surface area contributed by atoms with Crippen LogP contribution in [0.5, 0.6) is 0 Å². The van der Waals surface area contributed by atoms with Crippen LogP contribution in [0.15, 0.2) is 24.3 Å². The van der Waals surface area contributed by atoms with Crippen molar-refractivity contribution in [2.45, 2.75) is 25.3 Å². The molecule has 1 aromatic carbocycles. The van der Waals surface area contributed by atoms with E-state index in [2.05, 4.69) is 15.3 Å². The Labute approximate surface area is 120 Å². The lowest BCUT2D eigenvalue weighted by Crippen LogP contribution is -2.05. The van der Waals surface area contributed by atoms with Gasteiger partial charge in [0.15, 0.2) is 0 Å². The molecular formula is C14H12ClF2N3. The Morgan fingerprint density at radius 1 is 1.10 bits per heavy atom. The fourth-order valence-electron chi connectivity index (χ4n) is 1.96. The molecule has 1 N–H and O–H groups in total. The van der Waals surface area contributed by atoms with E-state index in [4.69, 9.17) is 11.6 Å². The summed E-state index contributed by atoms with van der Waals surface area (Å²) in [6.45, 7) is 0.270. The van der Waals surface area contributed by atoms with Crippen LogP contribution in [0.1, 0.15) is 30.1 Å². The molecule has 0 spiro atoms. The second-order valence-electron chi connectivity index (χ2n) is 4.84. The van der Waals surface area contributed by atoms with Gasteiger partial charge in [-0.2, -0.15) is 0 Å². The van der Waals surface area contributed by atoms with Crippen molar-refractivity contribution in [2.75, 3.05) is 5.32 Å². The monoisotopic (exact) mass is 295 g/mol. The summed E-state index contributed by atoms with van der Waals surface area (Å²) in [6.07, 6.45) is 2.16. The summed E-state index contributed by atoms with van der Waals surface area (Å²) in [5.74, 6) is 0.491. The highest BCUT2D eigenvalue weighted by Gasteiger charge is 2.27. The molecule has 1 aliphatic carbocycles. The lowest BCUT2D eigenvalue weighted by atomic mass is 10.2. The third-order valence-electron chi connectivity index (χ3n) is 3.05. The second kappa shape index (κ2) is 5.32. The number of aromatic nitrogens is 2. The third-order valence-corrected chi connectivity index (χ3v) is 3.24. The molecule has 3 rings (SSSR count).